The number of rotatable bonds is 2. The number of hydrogen-bond acceptors (Lipinski definition) is 3. The molecule has 0 saturated heterocycles. The predicted molar refractivity (Wildman–Crippen MR) is 53.2 cm³/mol. The minimum absolute atomic E-state index is 0.188. The second-order valence-electron chi connectivity index (χ2n) is 3.27. The molecule has 0 fully saturated rings. The van der Waals surface area contributed by atoms with E-state index in [9.17, 15) is 4.39 Å². The molecule has 2 rings (SSSR count). The van der Waals surface area contributed by atoms with E-state index in [1.54, 1.807) is 23.7 Å². The summed E-state index contributed by atoms with van der Waals surface area (Å²) in [6.45, 7) is 3.71. The highest BCUT2D eigenvalue weighted by Gasteiger charge is 2.06. The molecule has 0 bridgehead atoms. The van der Waals surface area contributed by atoms with Crippen molar-refractivity contribution in [3.63, 3.8) is 0 Å². The monoisotopic (exact) mass is 206 g/mol. The molecule has 4 nitrogen and oxygen atoms in total. The summed E-state index contributed by atoms with van der Waals surface area (Å²) in [5.41, 5.74) is 1.46. The van der Waals surface area contributed by atoms with Crippen LogP contribution in [-0.4, -0.2) is 20.2 Å². The van der Waals surface area contributed by atoms with E-state index in [4.69, 9.17) is 0 Å². The fourth-order valence-electron chi connectivity index (χ4n) is 1.43. The summed E-state index contributed by atoms with van der Waals surface area (Å²) in [6, 6.07) is 4.87. The van der Waals surface area contributed by atoms with Crippen LogP contribution in [0.25, 0.3) is 5.69 Å². The van der Waals surface area contributed by atoms with Crippen molar-refractivity contribution >= 4 is 0 Å². The average Bonchev–Trinajstić information content (AvgIpc) is 2.65. The van der Waals surface area contributed by atoms with Crippen molar-refractivity contribution in [2.24, 2.45) is 0 Å². The Morgan fingerprint density at radius 2 is 2.20 bits per heavy atom. The molecule has 78 valence electrons. The van der Waals surface area contributed by atoms with Crippen LogP contribution in [-0.2, 0) is 6.42 Å². The van der Waals surface area contributed by atoms with Crippen molar-refractivity contribution in [3.8, 4) is 5.69 Å². The maximum Gasteiger partial charge on any atom is 0.153 e. The summed E-state index contributed by atoms with van der Waals surface area (Å²) in [4.78, 5) is 0. The van der Waals surface area contributed by atoms with E-state index in [1.165, 1.54) is 6.07 Å². The topological polar surface area (TPSA) is 43.6 Å². The molecular formula is C10H11FN4. The molecule has 0 aliphatic rings. The van der Waals surface area contributed by atoms with Crippen LogP contribution < -0.4 is 0 Å². The summed E-state index contributed by atoms with van der Waals surface area (Å²) in [6.07, 6.45) is 0.654. The lowest BCUT2D eigenvalue weighted by molar-refractivity contribution is 0.610. The van der Waals surface area contributed by atoms with Crippen LogP contribution in [0.2, 0.25) is 0 Å². The van der Waals surface area contributed by atoms with Gasteiger partial charge < -0.3 is 0 Å². The summed E-state index contributed by atoms with van der Waals surface area (Å²) in [5.74, 6) is 0.496. The molecule has 0 unspecified atom stereocenters. The molecule has 0 spiro atoms. The van der Waals surface area contributed by atoms with Gasteiger partial charge in [-0.05, 0) is 47.5 Å². The minimum atomic E-state index is -0.188. The number of nitrogens with zero attached hydrogens (tertiary/aromatic N) is 4. The van der Waals surface area contributed by atoms with Gasteiger partial charge in [-0.25, -0.2) is 4.39 Å². The molecule has 0 aliphatic carbocycles. The van der Waals surface area contributed by atoms with Crippen LogP contribution in [0.4, 0.5) is 4.39 Å². The molecule has 0 atom stereocenters. The van der Waals surface area contributed by atoms with E-state index in [0.717, 1.165) is 5.69 Å². The Morgan fingerprint density at radius 1 is 1.40 bits per heavy atom. The van der Waals surface area contributed by atoms with Gasteiger partial charge in [0.05, 0.1) is 5.69 Å². The summed E-state index contributed by atoms with van der Waals surface area (Å²) >= 11 is 0. The highest BCUT2D eigenvalue weighted by Crippen LogP contribution is 2.14. The molecule has 0 aliphatic heterocycles. The van der Waals surface area contributed by atoms with E-state index in [2.05, 4.69) is 15.5 Å². The Labute approximate surface area is 86.7 Å². The standard InChI is InChI=1S/C10H11FN4/c1-3-8-6-9(4-5-10(8)11)15-7(2)12-13-14-15/h4-6H,3H2,1-2H3. The average molecular weight is 206 g/mol. The van der Waals surface area contributed by atoms with Crippen LogP contribution in [0.3, 0.4) is 0 Å². The Morgan fingerprint density at radius 3 is 2.80 bits per heavy atom. The number of aromatic nitrogens is 4. The second-order valence-corrected chi connectivity index (χ2v) is 3.27. The third-order valence-corrected chi connectivity index (χ3v) is 2.28. The Bertz CT molecular complexity index is 478. The van der Waals surface area contributed by atoms with Crippen LogP contribution >= 0.6 is 0 Å². The predicted octanol–water partition coefficient (Wildman–Crippen LogP) is 1.67. The molecule has 0 radical (unpaired) electrons. The van der Waals surface area contributed by atoms with Crippen LogP contribution in [0.15, 0.2) is 18.2 Å². The van der Waals surface area contributed by atoms with Crippen molar-refractivity contribution in [2.45, 2.75) is 20.3 Å². The molecule has 0 amide bonds. The van der Waals surface area contributed by atoms with Crippen LogP contribution in [0.1, 0.15) is 18.3 Å². The quantitative estimate of drug-likeness (QED) is 0.750. The molecular weight excluding hydrogens is 195 g/mol. The van der Waals surface area contributed by atoms with Crippen LogP contribution in [0.5, 0.6) is 0 Å². The smallest absolute Gasteiger partial charge is 0.153 e. The molecule has 1 heterocycles. The fourth-order valence-corrected chi connectivity index (χ4v) is 1.43. The highest BCUT2D eigenvalue weighted by atomic mass is 19.1. The lowest BCUT2D eigenvalue weighted by atomic mass is 10.1. The minimum Gasteiger partial charge on any atom is -0.207 e. The van der Waals surface area contributed by atoms with Crippen LogP contribution in [0, 0.1) is 12.7 Å². The first-order chi connectivity index (χ1) is 7.22. The van der Waals surface area contributed by atoms with E-state index >= 15 is 0 Å². The fraction of sp³-hybridized carbons (Fsp3) is 0.300. The van der Waals surface area contributed by atoms with Gasteiger partial charge in [-0.1, -0.05) is 6.92 Å². The zero-order valence-electron chi connectivity index (χ0n) is 8.61. The van der Waals surface area contributed by atoms with Crippen molar-refractivity contribution in [1.29, 1.82) is 0 Å². The molecule has 5 heteroatoms. The zero-order valence-corrected chi connectivity index (χ0v) is 8.61. The van der Waals surface area contributed by atoms with Gasteiger partial charge in [0.15, 0.2) is 5.82 Å². The normalized spacial score (nSPS) is 10.6. The van der Waals surface area contributed by atoms with Gasteiger partial charge in [0.1, 0.15) is 5.82 Å². The summed E-state index contributed by atoms with van der Waals surface area (Å²) < 4.78 is 14.8. The lowest BCUT2D eigenvalue weighted by Gasteiger charge is -2.04. The highest BCUT2D eigenvalue weighted by molar-refractivity contribution is 5.36. The number of tetrazole rings is 1. The summed E-state index contributed by atoms with van der Waals surface area (Å²) in [7, 11) is 0. The first-order valence-corrected chi connectivity index (χ1v) is 4.76. The first kappa shape index (κ1) is 9.76. The molecule has 15 heavy (non-hydrogen) atoms. The first-order valence-electron chi connectivity index (χ1n) is 4.76. The number of aryl methyl sites for hydroxylation is 2. The number of halogens is 1. The maximum atomic E-state index is 13.3. The Balaban J connectivity index is 2.51. The van der Waals surface area contributed by atoms with Gasteiger partial charge in [0.25, 0.3) is 0 Å². The number of hydrogen-bond donors (Lipinski definition) is 0. The maximum absolute atomic E-state index is 13.3. The van der Waals surface area contributed by atoms with Gasteiger partial charge in [0.2, 0.25) is 0 Å². The third-order valence-electron chi connectivity index (χ3n) is 2.28. The lowest BCUT2D eigenvalue weighted by Crippen LogP contribution is -2.01. The van der Waals surface area contributed by atoms with Gasteiger partial charge in [-0.15, -0.1) is 5.10 Å². The van der Waals surface area contributed by atoms with Crippen molar-refractivity contribution in [1.82, 2.24) is 20.2 Å². The van der Waals surface area contributed by atoms with Gasteiger partial charge >= 0.3 is 0 Å². The van der Waals surface area contributed by atoms with Gasteiger partial charge in [-0.3, -0.25) is 0 Å². The van der Waals surface area contributed by atoms with E-state index < -0.39 is 0 Å². The molecule has 1 aromatic carbocycles. The van der Waals surface area contributed by atoms with Crippen molar-refractivity contribution in [2.75, 3.05) is 0 Å². The van der Waals surface area contributed by atoms with Gasteiger partial charge in [-0.2, -0.15) is 4.68 Å². The molecule has 0 N–H and O–H groups in total. The molecule has 0 saturated carbocycles. The Hall–Kier alpha value is -1.78. The Kier molecular flexibility index (Phi) is 2.45. The van der Waals surface area contributed by atoms with E-state index in [0.29, 0.717) is 17.8 Å². The summed E-state index contributed by atoms with van der Waals surface area (Å²) in [5, 5.41) is 11.1. The van der Waals surface area contributed by atoms with E-state index in [-0.39, 0.29) is 5.82 Å². The largest absolute Gasteiger partial charge is 0.207 e. The molecule has 2 aromatic rings. The van der Waals surface area contributed by atoms with Crippen molar-refractivity contribution < 1.29 is 4.39 Å². The third kappa shape index (κ3) is 1.72. The second kappa shape index (κ2) is 3.76. The number of benzene rings is 1. The molecule has 1 aromatic heterocycles. The van der Waals surface area contributed by atoms with Crippen molar-refractivity contribution in [3.05, 3.63) is 35.4 Å². The van der Waals surface area contributed by atoms with E-state index in [1.807, 2.05) is 6.92 Å². The SMILES string of the molecule is CCc1cc(-n2nnnc2C)ccc1F. The van der Waals surface area contributed by atoms with Gasteiger partial charge in [0, 0.05) is 0 Å². The zero-order chi connectivity index (χ0) is 10.8.